The summed E-state index contributed by atoms with van der Waals surface area (Å²) in [4.78, 5) is 16.8. The molecule has 0 aliphatic carbocycles. The van der Waals surface area contributed by atoms with Gasteiger partial charge in [0.05, 0.1) is 17.9 Å². The number of methoxy groups -OCH3 is 1. The molecule has 0 atom stereocenters. The Labute approximate surface area is 124 Å². The van der Waals surface area contributed by atoms with E-state index in [1.54, 1.807) is 13.3 Å². The summed E-state index contributed by atoms with van der Waals surface area (Å²) in [5.74, 6) is 0.00408. The summed E-state index contributed by atoms with van der Waals surface area (Å²) in [5.41, 5.74) is 0.464. The first-order valence-electron chi connectivity index (χ1n) is 6.98. The molecule has 2 rings (SSSR count). The molecule has 1 aromatic rings. The molecular formula is C13H22N4O2S. The summed E-state index contributed by atoms with van der Waals surface area (Å²) in [7, 11) is 3.81. The Morgan fingerprint density at radius 3 is 2.90 bits per heavy atom. The largest absolute Gasteiger partial charge is 0.385 e. The standard InChI is InChI=1S/C13H22N4O2S/c1-16-7-4-11(5-8-16)17(6-3-9-19-2)13(18)12-10-14-20-15-12/h10-11H,3-9H2,1-2H3. The molecule has 0 N–H and O–H groups in total. The highest BCUT2D eigenvalue weighted by Crippen LogP contribution is 2.18. The molecule has 20 heavy (non-hydrogen) atoms. The van der Waals surface area contributed by atoms with Crippen LogP contribution in [0.3, 0.4) is 0 Å². The Hall–Kier alpha value is -1.05. The molecule has 7 heteroatoms. The van der Waals surface area contributed by atoms with Gasteiger partial charge in [-0.15, -0.1) is 0 Å². The van der Waals surface area contributed by atoms with Gasteiger partial charge in [-0.05, 0) is 39.4 Å². The van der Waals surface area contributed by atoms with E-state index in [4.69, 9.17) is 4.74 Å². The molecule has 1 amide bonds. The number of rotatable bonds is 6. The highest BCUT2D eigenvalue weighted by molar-refractivity contribution is 6.99. The first-order chi connectivity index (χ1) is 9.72. The van der Waals surface area contributed by atoms with Crippen LogP contribution in [0.1, 0.15) is 29.8 Å². The minimum Gasteiger partial charge on any atom is -0.385 e. The molecule has 0 spiro atoms. The van der Waals surface area contributed by atoms with Gasteiger partial charge < -0.3 is 14.5 Å². The minimum absolute atomic E-state index is 0.00408. The van der Waals surface area contributed by atoms with Crippen LogP contribution in [0.5, 0.6) is 0 Å². The number of hydrogen-bond donors (Lipinski definition) is 0. The summed E-state index contributed by atoms with van der Waals surface area (Å²) >= 11 is 1.08. The zero-order valence-electron chi connectivity index (χ0n) is 12.1. The van der Waals surface area contributed by atoms with E-state index in [1.807, 2.05) is 4.90 Å². The summed E-state index contributed by atoms with van der Waals surface area (Å²) in [6.45, 7) is 3.46. The average molecular weight is 298 g/mol. The van der Waals surface area contributed by atoms with Crippen molar-refractivity contribution >= 4 is 17.6 Å². The molecule has 0 saturated carbocycles. The fourth-order valence-corrected chi connectivity index (χ4v) is 2.95. The predicted octanol–water partition coefficient (Wildman–Crippen LogP) is 1.11. The van der Waals surface area contributed by atoms with E-state index in [1.165, 1.54) is 0 Å². The summed E-state index contributed by atoms with van der Waals surface area (Å²) in [6.07, 6.45) is 4.46. The van der Waals surface area contributed by atoms with Gasteiger partial charge >= 0.3 is 0 Å². The molecular weight excluding hydrogens is 276 g/mol. The number of carbonyl (C=O) groups excluding carboxylic acids is 1. The van der Waals surface area contributed by atoms with Crippen molar-refractivity contribution < 1.29 is 9.53 Å². The first kappa shape index (κ1) is 15.3. The average Bonchev–Trinajstić information content (AvgIpc) is 2.98. The maximum absolute atomic E-state index is 12.6. The molecule has 1 aromatic heterocycles. The molecule has 0 unspecified atom stereocenters. The van der Waals surface area contributed by atoms with Crippen LogP contribution in [0, 0.1) is 0 Å². The van der Waals surface area contributed by atoms with Crippen LogP contribution in [0.2, 0.25) is 0 Å². The van der Waals surface area contributed by atoms with Crippen LogP contribution in [0.4, 0.5) is 0 Å². The predicted molar refractivity (Wildman–Crippen MR) is 78.0 cm³/mol. The number of likely N-dealkylation sites (tertiary alicyclic amines) is 1. The van der Waals surface area contributed by atoms with Gasteiger partial charge in [0.15, 0.2) is 5.69 Å². The lowest BCUT2D eigenvalue weighted by Crippen LogP contribution is -2.47. The van der Waals surface area contributed by atoms with Crippen molar-refractivity contribution in [2.75, 3.05) is 40.4 Å². The number of carbonyl (C=O) groups is 1. The van der Waals surface area contributed by atoms with E-state index in [0.717, 1.165) is 50.6 Å². The Kier molecular flexibility index (Phi) is 5.87. The molecule has 6 nitrogen and oxygen atoms in total. The third kappa shape index (κ3) is 3.97. The van der Waals surface area contributed by atoms with Crippen LogP contribution in [0.15, 0.2) is 6.20 Å². The van der Waals surface area contributed by atoms with Crippen molar-refractivity contribution in [3.8, 4) is 0 Å². The second kappa shape index (κ2) is 7.66. The van der Waals surface area contributed by atoms with Crippen molar-refractivity contribution in [2.45, 2.75) is 25.3 Å². The molecule has 1 aliphatic heterocycles. The van der Waals surface area contributed by atoms with Crippen LogP contribution in [0.25, 0.3) is 0 Å². The third-order valence-corrected chi connectivity index (χ3v) is 4.20. The topological polar surface area (TPSA) is 58.6 Å². The fraction of sp³-hybridized carbons (Fsp3) is 0.769. The van der Waals surface area contributed by atoms with E-state index in [-0.39, 0.29) is 5.91 Å². The lowest BCUT2D eigenvalue weighted by Gasteiger charge is -2.37. The van der Waals surface area contributed by atoms with Crippen molar-refractivity contribution in [1.29, 1.82) is 0 Å². The number of hydrogen-bond acceptors (Lipinski definition) is 6. The number of ether oxygens (including phenoxy) is 1. The van der Waals surface area contributed by atoms with Crippen molar-refractivity contribution in [3.63, 3.8) is 0 Å². The molecule has 0 bridgehead atoms. The maximum Gasteiger partial charge on any atom is 0.275 e. The number of aromatic nitrogens is 2. The summed E-state index contributed by atoms with van der Waals surface area (Å²) in [6, 6.07) is 0.303. The fourth-order valence-electron chi connectivity index (χ4n) is 2.54. The second-order valence-corrected chi connectivity index (χ2v) is 5.73. The number of amides is 1. The van der Waals surface area contributed by atoms with Gasteiger partial charge in [0.25, 0.3) is 5.91 Å². The minimum atomic E-state index is 0.00408. The molecule has 1 saturated heterocycles. The first-order valence-corrected chi connectivity index (χ1v) is 7.71. The second-order valence-electron chi connectivity index (χ2n) is 5.17. The smallest absolute Gasteiger partial charge is 0.275 e. The molecule has 1 fully saturated rings. The Morgan fingerprint density at radius 2 is 2.30 bits per heavy atom. The Morgan fingerprint density at radius 1 is 1.55 bits per heavy atom. The lowest BCUT2D eigenvalue weighted by atomic mass is 10.0. The molecule has 2 heterocycles. The quantitative estimate of drug-likeness (QED) is 0.736. The van der Waals surface area contributed by atoms with Crippen LogP contribution >= 0.6 is 11.7 Å². The number of nitrogens with zero attached hydrogens (tertiary/aromatic N) is 4. The van der Waals surface area contributed by atoms with E-state index in [2.05, 4.69) is 20.7 Å². The van der Waals surface area contributed by atoms with E-state index in [0.29, 0.717) is 18.3 Å². The van der Waals surface area contributed by atoms with Gasteiger partial charge in [0.2, 0.25) is 0 Å². The Balaban J connectivity index is 2.01. The zero-order valence-corrected chi connectivity index (χ0v) is 12.9. The van der Waals surface area contributed by atoms with E-state index >= 15 is 0 Å². The van der Waals surface area contributed by atoms with Crippen LogP contribution in [-0.4, -0.2) is 70.9 Å². The summed E-state index contributed by atoms with van der Waals surface area (Å²) < 4.78 is 13.1. The van der Waals surface area contributed by atoms with Gasteiger partial charge in [-0.2, -0.15) is 8.75 Å². The molecule has 1 aliphatic rings. The van der Waals surface area contributed by atoms with Gasteiger partial charge in [0, 0.05) is 26.3 Å². The highest BCUT2D eigenvalue weighted by atomic mass is 32.1. The lowest BCUT2D eigenvalue weighted by molar-refractivity contribution is 0.0559. The van der Waals surface area contributed by atoms with Crippen LogP contribution < -0.4 is 0 Å². The normalized spacial score (nSPS) is 17.3. The van der Waals surface area contributed by atoms with Crippen molar-refractivity contribution in [2.24, 2.45) is 0 Å². The monoisotopic (exact) mass is 298 g/mol. The van der Waals surface area contributed by atoms with Crippen molar-refractivity contribution in [3.05, 3.63) is 11.9 Å². The van der Waals surface area contributed by atoms with Crippen molar-refractivity contribution in [1.82, 2.24) is 18.5 Å². The van der Waals surface area contributed by atoms with Gasteiger partial charge in [-0.3, -0.25) is 4.79 Å². The van der Waals surface area contributed by atoms with E-state index in [9.17, 15) is 4.79 Å². The van der Waals surface area contributed by atoms with E-state index < -0.39 is 0 Å². The SMILES string of the molecule is COCCCN(C(=O)c1cnsn1)C1CCN(C)CC1. The van der Waals surface area contributed by atoms with Gasteiger partial charge in [0.1, 0.15) is 0 Å². The Bertz CT molecular complexity index is 405. The zero-order chi connectivity index (χ0) is 14.4. The molecule has 0 aromatic carbocycles. The molecule has 112 valence electrons. The third-order valence-electron chi connectivity index (χ3n) is 3.72. The van der Waals surface area contributed by atoms with Gasteiger partial charge in [-0.1, -0.05) is 0 Å². The number of piperidine rings is 1. The molecule has 0 radical (unpaired) electrons. The highest BCUT2D eigenvalue weighted by Gasteiger charge is 2.28. The van der Waals surface area contributed by atoms with Crippen LogP contribution in [-0.2, 0) is 4.74 Å². The maximum atomic E-state index is 12.6. The van der Waals surface area contributed by atoms with Gasteiger partial charge in [-0.25, -0.2) is 0 Å². The summed E-state index contributed by atoms with van der Waals surface area (Å²) in [5, 5.41) is 0.